The minimum Gasteiger partial charge on any atom is -0.507 e. The number of aliphatic carboxylic acids is 1. The van der Waals surface area contributed by atoms with Crippen molar-refractivity contribution in [2.24, 2.45) is 0 Å². The zero-order valence-corrected chi connectivity index (χ0v) is 21.6. The molecule has 38 heavy (non-hydrogen) atoms. The first-order valence-electron chi connectivity index (χ1n) is 11.6. The van der Waals surface area contributed by atoms with Crippen LogP contribution in [0.5, 0.6) is 5.75 Å². The van der Waals surface area contributed by atoms with E-state index in [-0.39, 0.29) is 5.75 Å². The van der Waals surface area contributed by atoms with Crippen molar-refractivity contribution >= 4 is 32.8 Å². The molecule has 4 aromatic rings. The third-order valence-corrected chi connectivity index (χ3v) is 7.60. The molecular formula is C24H26F3N7O3S. The quantitative estimate of drug-likeness (QED) is 0.339. The van der Waals surface area contributed by atoms with Crippen molar-refractivity contribution in [1.29, 1.82) is 0 Å². The summed E-state index contributed by atoms with van der Waals surface area (Å²) < 4.78 is 32.7. The van der Waals surface area contributed by atoms with Crippen LogP contribution in [0.2, 0.25) is 0 Å². The minimum absolute atomic E-state index is 0.162. The fraction of sp³-hybridized carbons (Fsp3) is 0.375. The number of nitrogens with one attached hydrogen (secondary N) is 1. The molecule has 1 aliphatic heterocycles. The van der Waals surface area contributed by atoms with Crippen LogP contribution >= 0.6 is 11.3 Å². The number of H-pyrrole nitrogens is 1. The van der Waals surface area contributed by atoms with E-state index in [1.165, 1.54) is 0 Å². The number of aromatic hydroxyl groups is 1. The fourth-order valence-corrected chi connectivity index (χ4v) is 5.09. The van der Waals surface area contributed by atoms with Crippen LogP contribution in [0.25, 0.3) is 32.7 Å². The third kappa shape index (κ3) is 6.02. The highest BCUT2D eigenvalue weighted by molar-refractivity contribution is 7.22. The van der Waals surface area contributed by atoms with E-state index in [1.807, 2.05) is 18.2 Å². The Morgan fingerprint density at radius 2 is 1.97 bits per heavy atom. The fourth-order valence-electron chi connectivity index (χ4n) is 4.12. The van der Waals surface area contributed by atoms with Crippen LogP contribution in [0, 0.1) is 0 Å². The van der Waals surface area contributed by atoms with E-state index in [0.29, 0.717) is 29.0 Å². The topological polar surface area (TPSA) is 131 Å². The van der Waals surface area contributed by atoms with Crippen LogP contribution in [-0.2, 0) is 4.79 Å². The van der Waals surface area contributed by atoms with Crippen LogP contribution in [0.4, 0.5) is 18.3 Å². The predicted octanol–water partition coefficient (Wildman–Crippen LogP) is 4.40. The zero-order valence-electron chi connectivity index (χ0n) is 20.8. The summed E-state index contributed by atoms with van der Waals surface area (Å²) in [6.45, 7) is 3.37. The van der Waals surface area contributed by atoms with Crippen LogP contribution in [0.1, 0.15) is 19.8 Å². The maximum atomic E-state index is 10.6. The second-order valence-corrected chi connectivity index (χ2v) is 10.1. The van der Waals surface area contributed by atoms with E-state index in [9.17, 15) is 18.3 Å². The largest absolute Gasteiger partial charge is 0.507 e. The predicted molar refractivity (Wildman–Crippen MR) is 137 cm³/mol. The van der Waals surface area contributed by atoms with Gasteiger partial charge in [-0.05, 0) is 50.6 Å². The Bertz CT molecular complexity index is 1410. The van der Waals surface area contributed by atoms with Gasteiger partial charge in [-0.1, -0.05) is 17.4 Å². The number of carboxylic acids is 1. The van der Waals surface area contributed by atoms with Crippen LogP contribution in [0.15, 0.2) is 36.7 Å². The number of hydrogen-bond acceptors (Lipinski definition) is 9. The summed E-state index contributed by atoms with van der Waals surface area (Å²) in [5.41, 5.74) is 3.73. The number of piperidine rings is 1. The number of aromatic amines is 1. The zero-order chi connectivity index (χ0) is 27.6. The molecule has 0 aliphatic carbocycles. The van der Waals surface area contributed by atoms with Gasteiger partial charge in [0.1, 0.15) is 5.75 Å². The lowest BCUT2D eigenvalue weighted by Gasteiger charge is -2.39. The van der Waals surface area contributed by atoms with Gasteiger partial charge in [-0.25, -0.2) is 4.79 Å². The highest BCUT2D eigenvalue weighted by atomic mass is 32.1. The summed E-state index contributed by atoms with van der Waals surface area (Å²) in [4.78, 5) is 18.3. The van der Waals surface area contributed by atoms with Gasteiger partial charge in [-0.15, -0.1) is 10.2 Å². The molecule has 5 rings (SSSR count). The maximum Gasteiger partial charge on any atom is 0.490 e. The molecule has 0 spiro atoms. The number of benzene rings is 1. The number of hydrogen-bond donors (Lipinski definition) is 3. The van der Waals surface area contributed by atoms with Crippen molar-refractivity contribution in [3.8, 4) is 28.1 Å². The van der Waals surface area contributed by atoms with Crippen molar-refractivity contribution in [1.82, 2.24) is 30.3 Å². The number of phenols is 1. The van der Waals surface area contributed by atoms with Crippen LogP contribution in [0.3, 0.4) is 0 Å². The molecule has 10 nitrogen and oxygen atoms in total. The molecule has 0 radical (unpaired) electrons. The lowest BCUT2D eigenvalue weighted by atomic mass is 9.98. The van der Waals surface area contributed by atoms with Crippen LogP contribution in [-0.4, -0.2) is 85.4 Å². The second kappa shape index (κ2) is 10.9. The van der Waals surface area contributed by atoms with Crippen molar-refractivity contribution in [2.45, 2.75) is 38.0 Å². The Morgan fingerprint density at radius 3 is 2.58 bits per heavy atom. The number of phenolic OH excluding ortho intramolecular Hbond substituents is 1. The molecule has 4 heterocycles. The summed E-state index contributed by atoms with van der Waals surface area (Å²) in [6.07, 6.45) is 0.680. The average molecular weight is 550 g/mol. The second-order valence-electron chi connectivity index (χ2n) is 9.05. The highest BCUT2D eigenvalue weighted by Gasteiger charge is 2.38. The smallest absolute Gasteiger partial charge is 0.490 e. The molecule has 202 valence electrons. The number of thiazole rings is 1. The van der Waals surface area contributed by atoms with E-state index in [4.69, 9.17) is 14.9 Å². The van der Waals surface area contributed by atoms with Crippen LogP contribution < -0.4 is 4.90 Å². The number of likely N-dealkylation sites (tertiary alicyclic amines) is 1. The molecule has 1 saturated heterocycles. The van der Waals surface area contributed by atoms with Gasteiger partial charge in [0.05, 0.1) is 16.6 Å². The molecule has 1 fully saturated rings. The monoisotopic (exact) mass is 549 g/mol. The summed E-state index contributed by atoms with van der Waals surface area (Å²) in [7, 11) is 4.31. The standard InChI is InChI=1S/C22H25N7OS.C2HF3O2/c1-13-8-16(6-7-28(13)2)29(3)22-25-21-20(31-22)10-18(26-27-21)17-5-4-14(9-19(17)30)15-11-23-24-12-15;3-2(4,5)1(6)7/h4-5,9-13,16,30H,6-8H2,1-3H3,(H,23,24);(H,6,7)/t13-,16-;/m0./s1. The molecule has 1 aliphatic rings. The Balaban J connectivity index is 0.000000426. The summed E-state index contributed by atoms with van der Waals surface area (Å²) in [5, 5.41) is 34.1. The molecular weight excluding hydrogens is 523 g/mol. The number of rotatable bonds is 4. The molecule has 3 aromatic heterocycles. The highest BCUT2D eigenvalue weighted by Crippen LogP contribution is 2.36. The average Bonchev–Trinajstić information content (AvgIpc) is 3.55. The number of alkyl halides is 3. The molecule has 2 atom stereocenters. The number of nitrogens with zero attached hydrogens (tertiary/aromatic N) is 6. The number of aromatic nitrogens is 5. The third-order valence-electron chi connectivity index (χ3n) is 6.52. The number of anilines is 1. The molecule has 14 heteroatoms. The van der Waals surface area contributed by atoms with E-state index in [2.05, 4.69) is 51.2 Å². The molecule has 3 N–H and O–H groups in total. The van der Waals surface area contributed by atoms with Crippen molar-refractivity contribution in [3.63, 3.8) is 0 Å². The summed E-state index contributed by atoms with van der Waals surface area (Å²) in [5.74, 6) is -2.60. The number of halogens is 3. The molecule has 0 unspecified atom stereocenters. The number of fused-ring (bicyclic) bond motifs is 1. The molecule has 1 aromatic carbocycles. The Labute approximate surface area is 219 Å². The van der Waals surface area contributed by atoms with E-state index in [0.717, 1.165) is 40.3 Å². The van der Waals surface area contributed by atoms with E-state index in [1.54, 1.807) is 29.8 Å². The maximum absolute atomic E-state index is 10.6. The van der Waals surface area contributed by atoms with Crippen molar-refractivity contribution < 1.29 is 28.2 Å². The van der Waals surface area contributed by atoms with Gasteiger partial charge >= 0.3 is 12.1 Å². The van der Waals surface area contributed by atoms with E-state index >= 15 is 0 Å². The van der Waals surface area contributed by atoms with Gasteiger partial charge in [-0.2, -0.15) is 23.3 Å². The van der Waals surface area contributed by atoms with Gasteiger partial charge in [-0.3, -0.25) is 5.10 Å². The molecule has 0 amide bonds. The minimum atomic E-state index is -5.08. The Morgan fingerprint density at radius 1 is 1.24 bits per heavy atom. The SMILES string of the molecule is C[C@H]1C[C@@H](N(C)c2nc3nnc(-c4ccc(-c5cn[nH]c5)cc4O)cc3s2)CCN1C.O=C(O)C(F)(F)F. The van der Waals surface area contributed by atoms with Gasteiger partial charge in [0, 0.05) is 43.0 Å². The van der Waals surface area contributed by atoms with Gasteiger partial charge in [0.15, 0.2) is 10.8 Å². The van der Waals surface area contributed by atoms with Gasteiger partial charge in [0.2, 0.25) is 0 Å². The van der Waals surface area contributed by atoms with E-state index < -0.39 is 12.1 Å². The number of carbonyl (C=O) groups is 1. The van der Waals surface area contributed by atoms with Crippen molar-refractivity contribution in [3.05, 3.63) is 36.7 Å². The lowest BCUT2D eigenvalue weighted by molar-refractivity contribution is -0.192. The lowest BCUT2D eigenvalue weighted by Crippen LogP contribution is -2.46. The Kier molecular flexibility index (Phi) is 7.83. The number of carboxylic acid groups (broad SMARTS) is 1. The first kappa shape index (κ1) is 27.3. The molecule has 0 saturated carbocycles. The molecule has 0 bridgehead atoms. The Hall–Kier alpha value is -3.78. The summed E-state index contributed by atoms with van der Waals surface area (Å²) >= 11 is 1.62. The normalized spacial score (nSPS) is 18.2. The van der Waals surface area contributed by atoms with Gasteiger partial charge in [0.25, 0.3) is 0 Å². The summed E-state index contributed by atoms with van der Waals surface area (Å²) in [6, 6.07) is 8.52. The first-order valence-corrected chi connectivity index (χ1v) is 12.5. The van der Waals surface area contributed by atoms with Gasteiger partial charge < -0.3 is 20.0 Å². The first-order chi connectivity index (χ1) is 17.9. The van der Waals surface area contributed by atoms with Crippen molar-refractivity contribution in [2.75, 3.05) is 25.5 Å².